The fraction of sp³-hybridized carbons (Fsp3) is 0.755. The van der Waals surface area contributed by atoms with Gasteiger partial charge in [-0.05, 0) is 107 Å². The van der Waals surface area contributed by atoms with Crippen LogP contribution < -0.4 is 0 Å². The maximum Gasteiger partial charge on any atom is 0.329 e. The lowest BCUT2D eigenvalue weighted by Crippen LogP contribution is -2.61. The molecule has 0 aromatic rings. The van der Waals surface area contributed by atoms with Crippen molar-refractivity contribution >= 4 is 29.2 Å². The number of hydrogen-bond donors (Lipinski definition) is 3. The first kappa shape index (κ1) is 57.2. The number of amides is 1. The molecule has 3 heterocycles. The fourth-order valence-electron chi connectivity index (χ4n) is 10.5. The molecule has 1 saturated carbocycles. The lowest BCUT2D eigenvalue weighted by atomic mass is 9.78. The number of hydrogen-bond acceptors (Lipinski definition) is 14. The fourth-order valence-corrected chi connectivity index (χ4v) is 10.5. The van der Waals surface area contributed by atoms with Crippen LogP contribution in [0.25, 0.3) is 0 Å². The number of aliphatic hydroxyl groups excluding tert-OH is 2. The lowest BCUT2D eigenvalue weighted by molar-refractivity contribution is -0.265. The first-order chi connectivity index (χ1) is 32.3. The Morgan fingerprint density at radius 3 is 2.26 bits per heavy atom. The molecule has 15 nitrogen and oxygen atoms in total. The van der Waals surface area contributed by atoms with Gasteiger partial charge >= 0.3 is 5.97 Å². The van der Waals surface area contributed by atoms with Crippen LogP contribution in [0, 0.1) is 35.5 Å². The number of Topliss-reactive ketones (excluding diaryl/α,β-unsaturated/α-hetero) is 3. The van der Waals surface area contributed by atoms with Gasteiger partial charge in [0.05, 0.1) is 37.6 Å². The highest BCUT2D eigenvalue weighted by Gasteiger charge is 2.53. The molecule has 2 saturated heterocycles. The van der Waals surface area contributed by atoms with Crippen molar-refractivity contribution in [2.24, 2.45) is 35.5 Å². The van der Waals surface area contributed by atoms with Crippen molar-refractivity contribution in [2.45, 2.75) is 180 Å². The molecule has 3 N–H and O–H groups in total. The van der Waals surface area contributed by atoms with E-state index in [1.165, 1.54) is 12.0 Å². The molecule has 4 aliphatic rings. The third-order valence-electron chi connectivity index (χ3n) is 14.9. The first-order valence-corrected chi connectivity index (χ1v) is 25.0. The quantitative estimate of drug-likeness (QED) is 0.134. The molecule has 2 bridgehead atoms. The number of methoxy groups -OCH3 is 3. The Morgan fingerprint density at radius 2 is 1.59 bits per heavy atom. The van der Waals surface area contributed by atoms with Gasteiger partial charge < -0.3 is 48.6 Å². The molecule has 3 fully saturated rings. The molecule has 1 aliphatic carbocycles. The van der Waals surface area contributed by atoms with Crippen LogP contribution in [0.2, 0.25) is 0 Å². The normalized spacial score (nSPS) is 39.2. The Labute approximate surface area is 405 Å². The summed E-state index contributed by atoms with van der Waals surface area (Å²) in [5.41, 5.74) is 1.26. The molecule has 1 amide bonds. The number of nitrogens with zero attached hydrogens (tertiary/aromatic N) is 1. The van der Waals surface area contributed by atoms with Crippen LogP contribution in [0.4, 0.5) is 0 Å². The molecule has 384 valence electrons. The molecule has 15 heteroatoms. The van der Waals surface area contributed by atoms with Gasteiger partial charge in [0.1, 0.15) is 30.1 Å². The van der Waals surface area contributed by atoms with Gasteiger partial charge in [-0.3, -0.25) is 19.2 Å². The maximum atomic E-state index is 14.5. The number of piperidine rings is 1. The molecule has 2 unspecified atom stereocenters. The number of carbonyl (C=O) groups is 5. The Morgan fingerprint density at radius 1 is 0.853 bits per heavy atom. The molecular formula is C53H83NO14. The molecule has 0 aromatic carbocycles. The van der Waals surface area contributed by atoms with Crippen molar-refractivity contribution in [1.82, 2.24) is 4.90 Å². The lowest BCUT2D eigenvalue weighted by Gasteiger charge is -2.42. The number of carbonyl (C=O) groups excluding carboxylic acids is 5. The van der Waals surface area contributed by atoms with Gasteiger partial charge in [0.2, 0.25) is 5.79 Å². The smallest absolute Gasteiger partial charge is 0.329 e. The van der Waals surface area contributed by atoms with Gasteiger partial charge in [-0.1, -0.05) is 71.1 Å². The van der Waals surface area contributed by atoms with Crippen molar-refractivity contribution in [1.29, 1.82) is 0 Å². The van der Waals surface area contributed by atoms with Crippen molar-refractivity contribution < 1.29 is 67.7 Å². The minimum absolute atomic E-state index is 0.0158. The topological polar surface area (TPSA) is 205 Å². The zero-order valence-corrected chi connectivity index (χ0v) is 42.4. The van der Waals surface area contributed by atoms with Crippen LogP contribution in [-0.4, -0.2) is 145 Å². The summed E-state index contributed by atoms with van der Waals surface area (Å²) in [6, 6.07) is -1.14. The number of aliphatic hydroxyl groups is 3. The number of ether oxygens (including phenoxy) is 6. The van der Waals surface area contributed by atoms with Gasteiger partial charge in [-0.25, -0.2) is 4.79 Å². The van der Waals surface area contributed by atoms with E-state index in [0.29, 0.717) is 63.4 Å². The van der Waals surface area contributed by atoms with Crippen LogP contribution in [0.3, 0.4) is 0 Å². The molecule has 0 radical (unpaired) electrons. The first-order valence-electron chi connectivity index (χ1n) is 25.0. The van der Waals surface area contributed by atoms with E-state index in [1.807, 2.05) is 58.1 Å². The molecular weight excluding hydrogens is 875 g/mol. The molecule has 4 rings (SSSR count). The number of fused-ring (bicyclic) bond motifs is 3. The van der Waals surface area contributed by atoms with Gasteiger partial charge in [-0.2, -0.15) is 0 Å². The number of cyclic esters (lactones) is 1. The minimum atomic E-state index is -2.43. The molecule has 68 heavy (non-hydrogen) atoms. The number of esters is 1. The Balaban J connectivity index is 1.70. The summed E-state index contributed by atoms with van der Waals surface area (Å²) in [5.74, 6) is -7.96. The zero-order chi connectivity index (χ0) is 50.3. The second-order valence-corrected chi connectivity index (χ2v) is 20.2. The van der Waals surface area contributed by atoms with Crippen molar-refractivity contribution in [3.63, 3.8) is 0 Å². The van der Waals surface area contributed by atoms with Crippen LogP contribution >= 0.6 is 0 Å². The summed E-state index contributed by atoms with van der Waals surface area (Å²) < 4.78 is 35.6. The summed E-state index contributed by atoms with van der Waals surface area (Å²) in [5, 5.41) is 32.8. The predicted octanol–water partition coefficient (Wildman–Crippen LogP) is 6.20. The predicted molar refractivity (Wildman–Crippen MR) is 256 cm³/mol. The maximum absolute atomic E-state index is 14.5. The molecule has 15 atom stereocenters. The molecule has 0 spiro atoms. The highest BCUT2D eigenvalue weighted by atomic mass is 16.6. The summed E-state index contributed by atoms with van der Waals surface area (Å²) in [4.78, 5) is 72.1. The Hall–Kier alpha value is -3.41. The van der Waals surface area contributed by atoms with E-state index in [0.717, 1.165) is 12.0 Å². The van der Waals surface area contributed by atoms with E-state index in [9.17, 15) is 39.3 Å². The summed E-state index contributed by atoms with van der Waals surface area (Å²) in [6.45, 7) is 12.9. The van der Waals surface area contributed by atoms with Gasteiger partial charge in [0, 0.05) is 58.5 Å². The average Bonchev–Trinajstić information content (AvgIpc) is 3.32. The number of allylic oxidation sites excluding steroid dienone is 6. The van der Waals surface area contributed by atoms with Gasteiger partial charge in [0.15, 0.2) is 5.78 Å². The summed E-state index contributed by atoms with van der Waals surface area (Å²) in [7, 11) is 4.58. The van der Waals surface area contributed by atoms with Crippen molar-refractivity contribution in [3.05, 3.63) is 47.6 Å². The van der Waals surface area contributed by atoms with E-state index in [1.54, 1.807) is 41.1 Å². The van der Waals surface area contributed by atoms with Crippen molar-refractivity contribution in [2.75, 3.05) is 41.1 Å². The third kappa shape index (κ3) is 15.3. The van der Waals surface area contributed by atoms with E-state index in [2.05, 4.69) is 0 Å². The largest absolute Gasteiger partial charge is 0.460 e. The third-order valence-corrected chi connectivity index (χ3v) is 14.9. The summed E-state index contributed by atoms with van der Waals surface area (Å²) in [6.07, 6.45) is 12.0. The molecule has 3 aliphatic heterocycles. The van der Waals surface area contributed by atoms with E-state index in [-0.39, 0.29) is 74.1 Å². The minimum Gasteiger partial charge on any atom is -0.460 e. The molecule has 0 aromatic heterocycles. The second-order valence-electron chi connectivity index (χ2n) is 20.2. The standard InChI is InChI=1S/C53H83NO14/c1-32-16-12-11-13-17-33(2)44(63-8)30-40-21-19-38(7)53(62,68-40)50(59)51(60)54-23-15-14-18-41(54)52(61)67-45(35(4)28-39-20-22-43(66-25-24-55)46(29-39)64-9)31-42(56)34(3)27-37(6)48(58)49(65-10)47(57)36(5)26-32/h11-13,16-17,27,32,34-36,38-41,43-46,48-49,55,58,62H,14-15,18-26,28-31H2,1-10H3/b13-11+,16-12-,33-17+,37-27+/t32?,34-,35?,36-,38-,39+,40+,41+,43-,44+,45+,46-,48-,49+,53-/m1/s1. The van der Waals surface area contributed by atoms with E-state index in [4.69, 9.17) is 28.4 Å². The van der Waals surface area contributed by atoms with Crippen LogP contribution in [-0.2, 0) is 52.4 Å². The SMILES string of the molecule is CO[C@H]1C[C@@H]2CC[C@@H](C)[C@@](O)(O2)C(=O)C(=O)N2CCCC[C@H]2C(=O)O[C@H](C(C)C[C@@H]2CC[C@@H](OCCO)[C@H](OC)C2)CC(=O)[C@H](C)/C=C(\C)[C@@H](O)[C@@H](OC)C(=O)[C@H](C)CC(C)\C=C/C=C/C=C/1C. The average molecular weight is 958 g/mol. The Bertz CT molecular complexity index is 1810. The zero-order valence-electron chi connectivity index (χ0n) is 42.4. The van der Waals surface area contributed by atoms with Gasteiger partial charge in [0.25, 0.3) is 11.7 Å². The van der Waals surface area contributed by atoms with E-state index >= 15 is 0 Å². The highest BCUT2D eigenvalue weighted by molar-refractivity contribution is 6.39. The number of rotatable bonds is 9. The highest BCUT2D eigenvalue weighted by Crippen LogP contribution is 2.38. The number of ketones is 3. The Kier molecular flexibility index (Phi) is 22.9. The summed E-state index contributed by atoms with van der Waals surface area (Å²) >= 11 is 0. The van der Waals surface area contributed by atoms with Gasteiger partial charge in [-0.15, -0.1) is 0 Å². The monoisotopic (exact) mass is 958 g/mol. The van der Waals surface area contributed by atoms with Crippen LogP contribution in [0.1, 0.15) is 126 Å². The van der Waals surface area contributed by atoms with E-state index < -0.39 is 77.8 Å². The van der Waals surface area contributed by atoms with Crippen LogP contribution in [0.15, 0.2) is 47.6 Å². The van der Waals surface area contributed by atoms with Crippen LogP contribution in [0.5, 0.6) is 0 Å². The van der Waals surface area contributed by atoms with Crippen molar-refractivity contribution in [3.8, 4) is 0 Å². The second kappa shape index (κ2) is 27.3.